The Hall–Kier alpha value is -1.68. The molecule has 0 N–H and O–H groups in total. The van der Waals surface area contributed by atoms with Crippen molar-refractivity contribution in [3.05, 3.63) is 47.1 Å². The van der Waals surface area contributed by atoms with Crippen LogP contribution in [0.2, 0.25) is 0 Å². The second-order valence-corrected chi connectivity index (χ2v) is 4.60. The molecule has 2 heterocycles. The smallest absolute Gasteiger partial charge is 0.160 e. The average Bonchev–Trinajstić information content (AvgIpc) is 2.79. The van der Waals surface area contributed by atoms with Gasteiger partial charge in [-0.15, -0.1) is 11.3 Å². The van der Waals surface area contributed by atoms with Gasteiger partial charge in [-0.25, -0.2) is 0 Å². The van der Waals surface area contributed by atoms with Crippen molar-refractivity contribution >= 4 is 22.6 Å². The fourth-order valence-corrected chi connectivity index (χ4v) is 2.23. The SMILES string of the molecule is CN(Cc1ccncc1)c1ccc(C=O)s1. The van der Waals surface area contributed by atoms with Crippen LogP contribution in [0.1, 0.15) is 15.2 Å². The van der Waals surface area contributed by atoms with Crippen molar-refractivity contribution in [1.82, 2.24) is 4.98 Å². The molecule has 2 rings (SSSR count). The van der Waals surface area contributed by atoms with E-state index < -0.39 is 0 Å². The highest BCUT2D eigenvalue weighted by atomic mass is 32.1. The van der Waals surface area contributed by atoms with Crippen LogP contribution in [0.25, 0.3) is 0 Å². The Morgan fingerprint density at radius 2 is 2.06 bits per heavy atom. The quantitative estimate of drug-likeness (QED) is 0.760. The third-order valence-corrected chi connectivity index (χ3v) is 3.40. The summed E-state index contributed by atoms with van der Waals surface area (Å²) in [5.74, 6) is 0. The number of hydrogen-bond donors (Lipinski definition) is 0. The molecular weight excluding hydrogens is 220 g/mol. The normalized spacial score (nSPS) is 10.1. The highest BCUT2D eigenvalue weighted by Crippen LogP contribution is 2.24. The van der Waals surface area contributed by atoms with E-state index in [2.05, 4.69) is 9.88 Å². The van der Waals surface area contributed by atoms with Crippen LogP contribution in [0, 0.1) is 0 Å². The van der Waals surface area contributed by atoms with Crippen molar-refractivity contribution < 1.29 is 4.79 Å². The summed E-state index contributed by atoms with van der Waals surface area (Å²) in [6, 6.07) is 7.79. The summed E-state index contributed by atoms with van der Waals surface area (Å²) in [5.41, 5.74) is 1.21. The van der Waals surface area contributed by atoms with Crippen LogP contribution in [-0.2, 0) is 6.54 Å². The number of rotatable bonds is 4. The second-order valence-electron chi connectivity index (χ2n) is 3.51. The maximum absolute atomic E-state index is 10.6. The van der Waals surface area contributed by atoms with E-state index >= 15 is 0 Å². The van der Waals surface area contributed by atoms with Crippen LogP contribution in [0.3, 0.4) is 0 Å². The fourth-order valence-electron chi connectivity index (χ4n) is 1.45. The van der Waals surface area contributed by atoms with Gasteiger partial charge in [-0.3, -0.25) is 9.78 Å². The Morgan fingerprint density at radius 3 is 2.69 bits per heavy atom. The summed E-state index contributed by atoms with van der Waals surface area (Å²) >= 11 is 1.50. The Balaban J connectivity index is 2.08. The number of anilines is 1. The number of nitrogens with zero attached hydrogens (tertiary/aromatic N) is 2. The van der Waals surface area contributed by atoms with Crippen LogP contribution >= 0.6 is 11.3 Å². The third-order valence-electron chi connectivity index (χ3n) is 2.27. The lowest BCUT2D eigenvalue weighted by molar-refractivity contribution is 0.112. The molecule has 2 aromatic heterocycles. The van der Waals surface area contributed by atoms with Crippen LogP contribution in [0.5, 0.6) is 0 Å². The van der Waals surface area contributed by atoms with Gasteiger partial charge >= 0.3 is 0 Å². The van der Waals surface area contributed by atoms with E-state index in [0.29, 0.717) is 0 Å². The molecule has 0 spiro atoms. The van der Waals surface area contributed by atoms with E-state index in [1.54, 1.807) is 12.4 Å². The van der Waals surface area contributed by atoms with Crippen molar-refractivity contribution in [3.8, 4) is 0 Å². The minimum absolute atomic E-state index is 0.761. The van der Waals surface area contributed by atoms with Gasteiger partial charge in [0, 0.05) is 26.0 Å². The summed E-state index contributed by atoms with van der Waals surface area (Å²) in [6.07, 6.45) is 4.46. The molecule has 0 aromatic carbocycles. The van der Waals surface area contributed by atoms with E-state index in [4.69, 9.17) is 0 Å². The standard InChI is InChI=1S/C12H12N2OS/c1-14(8-10-4-6-13-7-5-10)12-3-2-11(9-15)16-12/h2-7,9H,8H2,1H3. The predicted molar refractivity (Wildman–Crippen MR) is 66.1 cm³/mol. The summed E-state index contributed by atoms with van der Waals surface area (Å²) in [5, 5.41) is 1.10. The van der Waals surface area contributed by atoms with Gasteiger partial charge in [0.2, 0.25) is 0 Å². The van der Waals surface area contributed by atoms with Gasteiger partial charge in [0.25, 0.3) is 0 Å². The molecule has 4 heteroatoms. The Morgan fingerprint density at radius 1 is 1.31 bits per heavy atom. The molecule has 2 aromatic rings. The number of carbonyl (C=O) groups excluding carboxylic acids is 1. The van der Waals surface area contributed by atoms with Gasteiger partial charge in [0.05, 0.1) is 9.88 Å². The lowest BCUT2D eigenvalue weighted by Crippen LogP contribution is -2.14. The van der Waals surface area contributed by atoms with Crippen LogP contribution in [0.4, 0.5) is 5.00 Å². The zero-order chi connectivity index (χ0) is 11.4. The molecule has 0 aliphatic carbocycles. The van der Waals surface area contributed by atoms with Gasteiger partial charge < -0.3 is 4.90 Å². The van der Waals surface area contributed by atoms with Crippen molar-refractivity contribution in [2.45, 2.75) is 6.54 Å². The third kappa shape index (κ3) is 2.46. The van der Waals surface area contributed by atoms with Crippen molar-refractivity contribution in [3.63, 3.8) is 0 Å². The van der Waals surface area contributed by atoms with Gasteiger partial charge in [-0.1, -0.05) is 0 Å². The lowest BCUT2D eigenvalue weighted by Gasteiger charge is -2.16. The fraction of sp³-hybridized carbons (Fsp3) is 0.167. The number of pyridine rings is 1. The molecule has 0 radical (unpaired) electrons. The molecule has 0 saturated heterocycles. The van der Waals surface area contributed by atoms with Crippen molar-refractivity contribution in [2.75, 3.05) is 11.9 Å². The number of thiophene rings is 1. The Bertz CT molecular complexity index is 467. The maximum atomic E-state index is 10.6. The van der Waals surface area contributed by atoms with Gasteiger partial charge in [0.1, 0.15) is 0 Å². The first-order chi connectivity index (χ1) is 7.79. The van der Waals surface area contributed by atoms with E-state index in [0.717, 1.165) is 22.7 Å². The summed E-state index contributed by atoms with van der Waals surface area (Å²) in [4.78, 5) is 17.4. The minimum Gasteiger partial charge on any atom is -0.362 e. The zero-order valence-corrected chi connectivity index (χ0v) is 9.78. The Labute approximate surface area is 98.4 Å². The molecule has 0 fully saturated rings. The first-order valence-corrected chi connectivity index (χ1v) is 5.76. The molecule has 0 amide bonds. The number of hydrogen-bond acceptors (Lipinski definition) is 4. The largest absolute Gasteiger partial charge is 0.362 e. The van der Waals surface area contributed by atoms with Crippen molar-refractivity contribution in [2.24, 2.45) is 0 Å². The molecule has 16 heavy (non-hydrogen) atoms. The van der Waals surface area contributed by atoms with Gasteiger partial charge in [-0.05, 0) is 29.8 Å². The second kappa shape index (κ2) is 4.90. The topological polar surface area (TPSA) is 33.2 Å². The van der Waals surface area contributed by atoms with E-state index in [1.807, 2.05) is 31.3 Å². The number of aldehydes is 1. The molecule has 0 bridgehead atoms. The highest BCUT2D eigenvalue weighted by Gasteiger charge is 2.05. The monoisotopic (exact) mass is 232 g/mol. The molecule has 0 unspecified atom stereocenters. The summed E-state index contributed by atoms with van der Waals surface area (Å²) in [7, 11) is 2.01. The highest BCUT2D eigenvalue weighted by molar-refractivity contribution is 7.17. The summed E-state index contributed by atoms with van der Waals surface area (Å²) in [6.45, 7) is 0.821. The van der Waals surface area contributed by atoms with Crippen molar-refractivity contribution in [1.29, 1.82) is 0 Å². The average molecular weight is 232 g/mol. The van der Waals surface area contributed by atoms with Gasteiger partial charge in [-0.2, -0.15) is 0 Å². The first kappa shape index (κ1) is 10.8. The number of carbonyl (C=O) groups is 1. The number of aromatic nitrogens is 1. The molecular formula is C12H12N2OS. The van der Waals surface area contributed by atoms with Gasteiger partial charge in [0.15, 0.2) is 6.29 Å². The zero-order valence-electron chi connectivity index (χ0n) is 8.96. The van der Waals surface area contributed by atoms with E-state index in [1.165, 1.54) is 16.9 Å². The molecule has 0 atom stereocenters. The van der Waals surface area contributed by atoms with Crippen LogP contribution in [0.15, 0.2) is 36.7 Å². The maximum Gasteiger partial charge on any atom is 0.160 e. The minimum atomic E-state index is 0.761. The van der Waals surface area contributed by atoms with E-state index in [-0.39, 0.29) is 0 Å². The molecule has 0 aliphatic rings. The Kier molecular flexibility index (Phi) is 3.31. The summed E-state index contributed by atoms with van der Waals surface area (Å²) < 4.78 is 0. The molecule has 0 aliphatic heterocycles. The lowest BCUT2D eigenvalue weighted by atomic mass is 10.2. The van der Waals surface area contributed by atoms with E-state index in [9.17, 15) is 4.79 Å². The molecule has 0 saturated carbocycles. The van der Waals surface area contributed by atoms with Crippen LogP contribution in [-0.4, -0.2) is 18.3 Å². The van der Waals surface area contributed by atoms with Crippen LogP contribution < -0.4 is 4.90 Å². The predicted octanol–water partition coefficient (Wildman–Crippen LogP) is 2.59. The molecule has 82 valence electrons. The molecule has 3 nitrogen and oxygen atoms in total. The first-order valence-electron chi connectivity index (χ1n) is 4.94.